The predicted octanol–water partition coefficient (Wildman–Crippen LogP) is 3.01. The number of nitrogens with two attached hydrogens (primary N) is 2. The molecule has 22 heteroatoms. The molecule has 6 rings (SSSR count). The second-order valence-corrected chi connectivity index (χ2v) is 15.7. The lowest BCUT2D eigenvalue weighted by Gasteiger charge is -2.22. The molecule has 2 atom stereocenters. The summed E-state index contributed by atoms with van der Waals surface area (Å²) >= 11 is 0. The van der Waals surface area contributed by atoms with E-state index in [2.05, 4.69) is 46.3 Å². The first-order chi connectivity index (χ1) is 29.8. The van der Waals surface area contributed by atoms with E-state index in [-0.39, 0.29) is 57.7 Å². The van der Waals surface area contributed by atoms with Gasteiger partial charge in [-0.3, -0.25) is 9.59 Å². The van der Waals surface area contributed by atoms with E-state index in [9.17, 15) is 39.1 Å². The highest BCUT2D eigenvalue weighted by Gasteiger charge is 2.29. The van der Waals surface area contributed by atoms with Crippen LogP contribution in [0.5, 0.6) is 0 Å². The molecule has 6 aromatic rings. The number of hydrogen-bond acceptors (Lipinski definition) is 16. The number of nitriles is 2. The minimum atomic E-state index is -1.76. The van der Waals surface area contributed by atoms with Gasteiger partial charge in [0.15, 0.2) is 22.9 Å². The maximum Gasteiger partial charge on any atom is 0.255 e. The molecule has 0 aliphatic carbocycles. The minimum absolute atomic E-state index is 0.00584. The number of anilines is 4. The van der Waals surface area contributed by atoms with Gasteiger partial charge in [0.1, 0.15) is 36.1 Å². The summed E-state index contributed by atoms with van der Waals surface area (Å²) in [5.74, 6) is -0.836. The van der Waals surface area contributed by atoms with Gasteiger partial charge >= 0.3 is 0 Å². The lowest BCUT2D eigenvalue weighted by molar-refractivity contribution is -0.00209. The largest absolute Gasteiger partial charge is 0.387 e. The minimum Gasteiger partial charge on any atom is -0.387 e. The fraction of sp³-hybridized carbons (Fsp3) is 0.366. The Hall–Kier alpha value is -7.56. The van der Waals surface area contributed by atoms with Gasteiger partial charge in [-0.1, -0.05) is 0 Å². The number of alkyl halides is 2. The van der Waals surface area contributed by atoms with E-state index < -0.39 is 48.4 Å². The Labute approximate surface area is 359 Å². The van der Waals surface area contributed by atoms with E-state index in [1.165, 1.54) is 55.6 Å². The Balaban J connectivity index is 1.29. The number of hydrogen-bond donors (Lipinski definition) is 8. The van der Waals surface area contributed by atoms with E-state index in [0.29, 0.717) is 52.9 Å². The van der Waals surface area contributed by atoms with Gasteiger partial charge in [0.2, 0.25) is 0 Å². The molecule has 2 amide bonds. The van der Waals surface area contributed by atoms with Crippen molar-refractivity contribution in [1.82, 2.24) is 50.1 Å². The summed E-state index contributed by atoms with van der Waals surface area (Å²) in [4.78, 5) is 44.2. The van der Waals surface area contributed by atoms with Crippen LogP contribution in [0.25, 0.3) is 33.7 Å². The molecule has 0 aliphatic heterocycles. The van der Waals surface area contributed by atoms with Crippen molar-refractivity contribution in [2.45, 2.75) is 71.0 Å². The number of aromatic nitrogens is 8. The van der Waals surface area contributed by atoms with Crippen molar-refractivity contribution in [3.8, 4) is 23.8 Å². The first-order valence-corrected chi connectivity index (χ1v) is 19.7. The Morgan fingerprint density at radius 2 is 1.32 bits per heavy atom. The average Bonchev–Trinajstić information content (AvgIpc) is 3.81. The Morgan fingerprint density at radius 1 is 0.794 bits per heavy atom. The molecule has 0 aliphatic rings. The number of amides is 2. The number of carbonyl (C=O) groups is 2. The summed E-state index contributed by atoms with van der Waals surface area (Å²) in [6.07, 6.45) is 1.31. The third-order valence-corrected chi connectivity index (χ3v) is 9.97. The monoisotopic (exact) mass is 864 g/mol. The molecule has 2 unspecified atom stereocenters. The molecular weight excluding hydrogens is 819 g/mol. The van der Waals surface area contributed by atoms with Gasteiger partial charge in [0, 0.05) is 48.4 Å². The van der Waals surface area contributed by atoms with Crippen LogP contribution in [0.3, 0.4) is 0 Å². The van der Waals surface area contributed by atoms with Crippen LogP contribution in [-0.4, -0.2) is 111 Å². The highest BCUT2D eigenvalue weighted by Crippen LogP contribution is 2.28. The summed E-state index contributed by atoms with van der Waals surface area (Å²) in [7, 11) is 0. The number of fused-ring (bicyclic) bond motifs is 2. The maximum atomic E-state index is 14.6. The third-order valence-electron chi connectivity index (χ3n) is 9.97. The molecule has 0 aromatic carbocycles. The fourth-order valence-electron chi connectivity index (χ4n) is 6.28. The van der Waals surface area contributed by atoms with E-state index >= 15 is 0 Å². The number of nitrogens with one attached hydrogen (secondary N) is 4. The van der Waals surface area contributed by atoms with Crippen LogP contribution >= 0.6 is 0 Å². The van der Waals surface area contributed by atoms with Crippen molar-refractivity contribution in [2.24, 2.45) is 0 Å². The zero-order chi connectivity index (χ0) is 45.8. The van der Waals surface area contributed by atoms with Gasteiger partial charge in [0.25, 0.3) is 11.8 Å². The summed E-state index contributed by atoms with van der Waals surface area (Å²) < 4.78 is 31.9. The van der Waals surface area contributed by atoms with Crippen molar-refractivity contribution in [3.63, 3.8) is 0 Å². The van der Waals surface area contributed by atoms with E-state index in [4.69, 9.17) is 16.6 Å². The number of aryl methyl sites for hydroxylation is 1. The Morgan fingerprint density at radius 3 is 1.86 bits per heavy atom. The van der Waals surface area contributed by atoms with Gasteiger partial charge in [-0.2, -0.15) is 30.1 Å². The standard InChI is InChI=1S/C41H46F2N16O4/c1-6-48-28-12-33(51-17-25(28)38(60)52-19-30(42)40(2,3)62)59-37-24(11-22(15-45)35(47)56-37)27(57-59)8-7-9-49-29-13-32(50-18-26(29)39(61)53-20-31(43)41(4,5)63)58-36-23(16-54-58)10-21(14-44)34(46)55-36/h10-13,16-18,30-31,62-63H,6-9,19-20H2,1-5H3,(H2,46,55)(H2,47,56)(H,48,51)(H,49,50)(H,52,60)(H,53,61). The Kier molecular flexibility index (Phi) is 13.0. The van der Waals surface area contributed by atoms with Gasteiger partial charge in [-0.25, -0.2) is 28.7 Å². The summed E-state index contributed by atoms with van der Waals surface area (Å²) in [5.41, 5.74) is 11.0. The maximum absolute atomic E-state index is 14.6. The number of nitrogens with zero attached hydrogens (tertiary/aromatic N) is 10. The van der Waals surface area contributed by atoms with Gasteiger partial charge in [0.05, 0.1) is 69.8 Å². The van der Waals surface area contributed by atoms with Crippen LogP contribution in [0.4, 0.5) is 31.8 Å². The summed E-state index contributed by atoms with van der Waals surface area (Å²) in [6, 6.07) is 10.3. The second kappa shape index (κ2) is 18.2. The first-order valence-electron chi connectivity index (χ1n) is 19.7. The molecule has 0 spiro atoms. The van der Waals surface area contributed by atoms with Crippen LogP contribution in [-0.2, 0) is 6.42 Å². The zero-order valence-corrected chi connectivity index (χ0v) is 35.0. The topological polar surface area (TPSA) is 310 Å². The van der Waals surface area contributed by atoms with E-state index in [1.807, 2.05) is 19.1 Å². The van der Waals surface area contributed by atoms with Crippen molar-refractivity contribution < 1.29 is 28.6 Å². The smallest absolute Gasteiger partial charge is 0.255 e. The molecule has 0 saturated carbocycles. The number of halogens is 2. The molecule has 10 N–H and O–H groups in total. The van der Waals surface area contributed by atoms with Crippen LogP contribution in [0.2, 0.25) is 0 Å². The van der Waals surface area contributed by atoms with Crippen molar-refractivity contribution in [3.05, 3.63) is 70.8 Å². The second-order valence-electron chi connectivity index (χ2n) is 15.7. The predicted molar refractivity (Wildman–Crippen MR) is 230 cm³/mol. The van der Waals surface area contributed by atoms with Crippen LogP contribution < -0.4 is 32.7 Å². The molecule has 0 bridgehead atoms. The normalized spacial score (nSPS) is 12.7. The lowest BCUT2D eigenvalue weighted by Crippen LogP contribution is -2.42. The SMILES string of the molecule is CCNc1cc(-n2nc(CCCNc3cc(-n4ncc5cc(C#N)c(N)nc54)ncc3C(=O)NCC(F)C(C)(C)O)c3cc(C#N)c(N)nc32)ncc1C(=O)NCC(F)C(C)(C)O. The molecule has 0 saturated heterocycles. The van der Waals surface area contributed by atoms with Gasteiger partial charge in [-0.05, 0) is 59.6 Å². The lowest BCUT2D eigenvalue weighted by atomic mass is 10.0. The van der Waals surface area contributed by atoms with Crippen LogP contribution in [0, 0.1) is 22.7 Å². The summed E-state index contributed by atoms with van der Waals surface area (Å²) in [5, 5.41) is 60.8. The van der Waals surface area contributed by atoms with Crippen molar-refractivity contribution >= 4 is 56.9 Å². The van der Waals surface area contributed by atoms with Crippen LogP contribution in [0.15, 0.2) is 42.9 Å². The number of nitrogen functional groups attached to an aromatic ring is 2. The molecule has 328 valence electrons. The quantitative estimate of drug-likeness (QED) is 0.0611. The van der Waals surface area contributed by atoms with Crippen LogP contribution in [0.1, 0.15) is 78.6 Å². The zero-order valence-electron chi connectivity index (χ0n) is 35.0. The number of pyridine rings is 4. The number of rotatable bonds is 17. The number of aliphatic hydroxyl groups is 2. The average molecular weight is 865 g/mol. The van der Waals surface area contributed by atoms with E-state index in [0.717, 1.165) is 0 Å². The van der Waals surface area contributed by atoms with Gasteiger partial charge in [-0.15, -0.1) is 0 Å². The molecular formula is C41H46F2N16O4. The van der Waals surface area contributed by atoms with Crippen molar-refractivity contribution in [1.29, 1.82) is 10.5 Å². The Bertz CT molecular complexity index is 2780. The first kappa shape index (κ1) is 45.0. The highest BCUT2D eigenvalue weighted by molar-refractivity contribution is 6.00. The highest BCUT2D eigenvalue weighted by atomic mass is 19.1. The molecule has 6 aromatic heterocycles. The molecule has 63 heavy (non-hydrogen) atoms. The van der Waals surface area contributed by atoms with E-state index in [1.54, 1.807) is 24.3 Å². The molecule has 6 heterocycles. The van der Waals surface area contributed by atoms with Gasteiger partial charge < -0.3 is 42.9 Å². The molecule has 0 fully saturated rings. The molecule has 0 radical (unpaired) electrons. The van der Waals surface area contributed by atoms with Crippen molar-refractivity contribution in [2.75, 3.05) is 48.3 Å². The molecule has 20 nitrogen and oxygen atoms in total. The summed E-state index contributed by atoms with van der Waals surface area (Å²) in [6.45, 7) is 6.78. The fourth-order valence-corrected chi connectivity index (χ4v) is 6.28. The third kappa shape index (κ3) is 9.82. The number of carbonyl (C=O) groups excluding carboxylic acids is 2.